The lowest BCUT2D eigenvalue weighted by Crippen LogP contribution is -1.94. The highest BCUT2D eigenvalue weighted by molar-refractivity contribution is 7.71. The number of nitrogens with zero attached hydrogens (tertiary/aromatic N) is 3. The maximum Gasteiger partial charge on any atom is 0.219 e. The molecule has 0 unspecified atom stereocenters. The van der Waals surface area contributed by atoms with Gasteiger partial charge in [-0.15, -0.1) is 5.10 Å². The molecule has 0 atom stereocenters. The van der Waals surface area contributed by atoms with Crippen LogP contribution in [-0.2, 0) is 0 Å². The highest BCUT2D eigenvalue weighted by Gasteiger charge is 2.10. The molecule has 0 bridgehead atoms. The Morgan fingerprint density at radius 3 is 2.86 bits per heavy atom. The number of hydrogen-bond donors (Lipinski definition) is 1. The predicted molar refractivity (Wildman–Crippen MR) is 84.6 cm³/mol. The third-order valence-electron chi connectivity index (χ3n) is 2.66. The van der Waals surface area contributed by atoms with Crippen LogP contribution in [0.4, 0.5) is 0 Å². The first-order valence-corrected chi connectivity index (χ1v) is 7.02. The van der Waals surface area contributed by atoms with Crippen molar-refractivity contribution in [2.45, 2.75) is 0 Å². The van der Waals surface area contributed by atoms with Crippen molar-refractivity contribution >= 4 is 41.6 Å². The Kier molecular flexibility index (Phi) is 3.92. The van der Waals surface area contributed by atoms with E-state index >= 15 is 0 Å². The summed E-state index contributed by atoms with van der Waals surface area (Å²) in [7, 11) is 0. The number of nitrogens with one attached hydrogen (secondary N) is 1. The number of halogens is 2. The van der Waals surface area contributed by atoms with E-state index in [1.165, 1.54) is 4.68 Å². The van der Waals surface area contributed by atoms with Crippen LogP contribution < -0.4 is 0 Å². The number of aromatic amines is 1. The zero-order valence-electron chi connectivity index (χ0n) is 10.5. The van der Waals surface area contributed by atoms with Crippen molar-refractivity contribution in [3.63, 3.8) is 0 Å². The Morgan fingerprint density at radius 1 is 1.29 bits per heavy atom. The van der Waals surface area contributed by atoms with Crippen molar-refractivity contribution in [3.05, 3.63) is 57.0 Å². The van der Waals surface area contributed by atoms with Crippen LogP contribution in [0.3, 0.4) is 0 Å². The molecule has 2 aromatic heterocycles. The maximum absolute atomic E-state index is 5.96. The second-order valence-electron chi connectivity index (χ2n) is 4.06. The quantitative estimate of drug-likeness (QED) is 0.569. The molecule has 0 fully saturated rings. The number of hydrogen-bond acceptors (Lipinski definition) is 4. The fourth-order valence-corrected chi connectivity index (χ4v) is 2.17. The molecule has 0 spiro atoms. The van der Waals surface area contributed by atoms with E-state index in [-0.39, 0.29) is 0 Å². The summed E-state index contributed by atoms with van der Waals surface area (Å²) >= 11 is 17.0. The van der Waals surface area contributed by atoms with Gasteiger partial charge in [0.05, 0.1) is 22.5 Å². The van der Waals surface area contributed by atoms with Gasteiger partial charge in [-0.1, -0.05) is 29.3 Å². The molecule has 2 heterocycles. The smallest absolute Gasteiger partial charge is 0.219 e. The molecule has 0 saturated heterocycles. The predicted octanol–water partition coefficient (Wildman–Crippen LogP) is 4.39. The molecule has 0 saturated carbocycles. The average molecular weight is 339 g/mol. The van der Waals surface area contributed by atoms with E-state index in [0.29, 0.717) is 26.4 Å². The van der Waals surface area contributed by atoms with Gasteiger partial charge in [0, 0.05) is 0 Å². The molecule has 5 nitrogen and oxygen atoms in total. The Morgan fingerprint density at radius 2 is 2.14 bits per heavy atom. The van der Waals surface area contributed by atoms with Gasteiger partial charge in [-0.3, -0.25) is 0 Å². The van der Waals surface area contributed by atoms with Crippen molar-refractivity contribution < 1.29 is 4.42 Å². The Hall–Kier alpha value is -1.89. The molecule has 1 N–H and O–H groups in total. The largest absolute Gasteiger partial charge is 0.461 e. The molecule has 0 amide bonds. The second-order valence-corrected chi connectivity index (χ2v) is 5.26. The topological polar surface area (TPSA) is 59.1 Å². The lowest BCUT2D eigenvalue weighted by molar-refractivity contribution is 0.573. The summed E-state index contributed by atoms with van der Waals surface area (Å²) in [5.74, 6) is 1.05. The highest BCUT2D eigenvalue weighted by Crippen LogP contribution is 2.22. The van der Waals surface area contributed by atoms with Crippen LogP contribution >= 0.6 is 35.4 Å². The SMILES string of the molecule is S=c1[nH]nc(-c2ccco2)n1/N=C\c1ccc(Cl)c(Cl)c1. The van der Waals surface area contributed by atoms with Gasteiger partial charge in [0.25, 0.3) is 0 Å². The molecule has 3 aromatic rings. The zero-order chi connectivity index (χ0) is 14.8. The Balaban J connectivity index is 1.98. The number of H-pyrrole nitrogens is 1. The summed E-state index contributed by atoms with van der Waals surface area (Å²) in [5, 5.41) is 12.0. The lowest BCUT2D eigenvalue weighted by Gasteiger charge is -1.99. The summed E-state index contributed by atoms with van der Waals surface area (Å²) in [6.45, 7) is 0. The number of furan rings is 1. The van der Waals surface area contributed by atoms with Gasteiger partial charge >= 0.3 is 0 Å². The number of benzene rings is 1. The molecule has 3 rings (SSSR count). The van der Waals surface area contributed by atoms with Crippen molar-refractivity contribution in [2.75, 3.05) is 0 Å². The Labute approximate surface area is 134 Å². The van der Waals surface area contributed by atoms with Crippen LogP contribution in [0.15, 0.2) is 46.1 Å². The van der Waals surface area contributed by atoms with E-state index in [1.807, 2.05) is 0 Å². The molecule has 0 aliphatic carbocycles. The molecule has 0 aliphatic heterocycles. The van der Waals surface area contributed by atoms with E-state index in [2.05, 4.69) is 15.3 Å². The van der Waals surface area contributed by atoms with E-state index in [1.54, 1.807) is 42.8 Å². The van der Waals surface area contributed by atoms with Crippen molar-refractivity contribution in [1.82, 2.24) is 14.9 Å². The molecule has 0 radical (unpaired) electrons. The minimum Gasteiger partial charge on any atom is -0.461 e. The molecule has 1 aromatic carbocycles. The van der Waals surface area contributed by atoms with E-state index in [0.717, 1.165) is 5.56 Å². The van der Waals surface area contributed by atoms with Crippen LogP contribution in [0.2, 0.25) is 10.0 Å². The summed E-state index contributed by atoms with van der Waals surface area (Å²) in [6, 6.07) is 8.75. The van der Waals surface area contributed by atoms with Crippen molar-refractivity contribution in [2.24, 2.45) is 5.10 Å². The third-order valence-corrected chi connectivity index (χ3v) is 3.66. The van der Waals surface area contributed by atoms with Gasteiger partial charge in [0.15, 0.2) is 5.76 Å². The van der Waals surface area contributed by atoms with Gasteiger partial charge < -0.3 is 4.42 Å². The summed E-state index contributed by atoms with van der Waals surface area (Å²) in [5.41, 5.74) is 0.790. The first-order chi connectivity index (χ1) is 10.1. The van der Waals surface area contributed by atoms with Crippen LogP contribution in [0.25, 0.3) is 11.6 Å². The monoisotopic (exact) mass is 338 g/mol. The van der Waals surface area contributed by atoms with Gasteiger partial charge in [-0.2, -0.15) is 9.78 Å². The van der Waals surface area contributed by atoms with Crippen LogP contribution in [0.1, 0.15) is 5.56 Å². The average Bonchev–Trinajstić information content (AvgIpc) is 3.10. The lowest BCUT2D eigenvalue weighted by atomic mass is 10.2. The van der Waals surface area contributed by atoms with E-state index < -0.39 is 0 Å². The molecule has 21 heavy (non-hydrogen) atoms. The summed E-state index contributed by atoms with van der Waals surface area (Å²) < 4.78 is 7.13. The molecule has 0 aliphatic rings. The van der Waals surface area contributed by atoms with Gasteiger partial charge in [-0.25, -0.2) is 5.10 Å². The maximum atomic E-state index is 5.96. The van der Waals surface area contributed by atoms with Gasteiger partial charge in [-0.05, 0) is 42.0 Å². The van der Waals surface area contributed by atoms with Crippen molar-refractivity contribution in [1.29, 1.82) is 0 Å². The summed E-state index contributed by atoms with van der Waals surface area (Å²) in [6.07, 6.45) is 3.17. The van der Waals surface area contributed by atoms with Crippen molar-refractivity contribution in [3.8, 4) is 11.6 Å². The fourth-order valence-electron chi connectivity index (χ4n) is 1.68. The molecule has 106 valence electrons. The van der Waals surface area contributed by atoms with Crippen LogP contribution in [0, 0.1) is 4.77 Å². The van der Waals surface area contributed by atoms with E-state index in [4.69, 9.17) is 39.8 Å². The third kappa shape index (κ3) is 2.92. The van der Waals surface area contributed by atoms with E-state index in [9.17, 15) is 0 Å². The first kappa shape index (κ1) is 14.1. The van der Waals surface area contributed by atoms with Crippen LogP contribution in [-0.4, -0.2) is 21.1 Å². The second kappa shape index (κ2) is 5.85. The standard InChI is InChI=1S/C13H8Cl2N4OS/c14-9-4-3-8(6-10(9)15)7-16-19-12(17-18-13(19)21)11-2-1-5-20-11/h1-7H,(H,18,21)/b16-7-. The normalized spacial score (nSPS) is 11.3. The van der Waals surface area contributed by atoms with Gasteiger partial charge in [0.2, 0.25) is 10.6 Å². The molecular weight excluding hydrogens is 331 g/mol. The van der Waals surface area contributed by atoms with Crippen LogP contribution in [0.5, 0.6) is 0 Å². The van der Waals surface area contributed by atoms with Gasteiger partial charge in [0.1, 0.15) is 0 Å². The molecule has 8 heteroatoms. The Bertz CT molecular complexity index is 851. The highest BCUT2D eigenvalue weighted by atomic mass is 35.5. The first-order valence-electron chi connectivity index (χ1n) is 5.86. The summed E-state index contributed by atoms with van der Waals surface area (Å²) in [4.78, 5) is 0. The number of aromatic nitrogens is 3. The minimum absolute atomic E-state index is 0.359. The zero-order valence-corrected chi connectivity index (χ0v) is 12.8. The number of rotatable bonds is 3. The fraction of sp³-hybridized carbons (Fsp3) is 0. The minimum atomic E-state index is 0.359. The molecular formula is C13H8Cl2N4OS.